The minimum absolute atomic E-state index is 0.0869. The zero-order chi connectivity index (χ0) is 19.1. The van der Waals surface area contributed by atoms with Crippen LogP contribution in [0.1, 0.15) is 34.8 Å². The Morgan fingerprint density at radius 3 is 2.31 bits per heavy atom. The number of nitro benzene ring substituents is 1. The van der Waals surface area contributed by atoms with Crippen LogP contribution >= 0.6 is 0 Å². The molecule has 0 aliphatic heterocycles. The number of H-pyrrole nitrogens is 1. The quantitative estimate of drug-likeness (QED) is 0.344. The van der Waals surface area contributed by atoms with Crippen molar-refractivity contribution >= 4 is 29.3 Å². The number of ether oxygens (including phenoxy) is 2. The lowest BCUT2D eigenvalue weighted by Crippen LogP contribution is -2.13. The van der Waals surface area contributed by atoms with Gasteiger partial charge in [-0.25, -0.2) is 14.6 Å². The third kappa shape index (κ3) is 4.47. The van der Waals surface area contributed by atoms with Gasteiger partial charge in [0.2, 0.25) is 5.95 Å². The fourth-order valence-electron chi connectivity index (χ4n) is 1.85. The zero-order valence-electron chi connectivity index (χ0n) is 14.0. The summed E-state index contributed by atoms with van der Waals surface area (Å²) in [6.45, 7) is 3.45. The second-order valence-electron chi connectivity index (χ2n) is 4.70. The van der Waals surface area contributed by atoms with E-state index in [2.05, 4.69) is 20.2 Å². The largest absolute Gasteiger partial charge is 0.461 e. The van der Waals surface area contributed by atoms with Gasteiger partial charge in [0.15, 0.2) is 11.4 Å². The maximum absolute atomic E-state index is 11.9. The first-order valence-electron chi connectivity index (χ1n) is 7.56. The highest BCUT2D eigenvalue weighted by Crippen LogP contribution is 2.21. The normalized spacial score (nSPS) is 10.7. The van der Waals surface area contributed by atoms with Crippen LogP contribution in [-0.2, 0) is 9.47 Å². The molecule has 0 aliphatic rings. The van der Waals surface area contributed by atoms with Crippen LogP contribution in [-0.4, -0.2) is 40.0 Å². The van der Waals surface area contributed by atoms with E-state index < -0.39 is 16.9 Å². The molecule has 0 fully saturated rings. The van der Waals surface area contributed by atoms with Crippen LogP contribution in [0, 0.1) is 10.1 Å². The molecular weight excluding hydrogens is 346 g/mol. The van der Waals surface area contributed by atoms with Gasteiger partial charge in [0.25, 0.3) is 5.69 Å². The van der Waals surface area contributed by atoms with Crippen molar-refractivity contribution in [2.75, 3.05) is 13.2 Å². The molecule has 1 aromatic heterocycles. The van der Waals surface area contributed by atoms with Crippen molar-refractivity contribution in [3.8, 4) is 0 Å². The fraction of sp³-hybridized carbons (Fsp3) is 0.267. The summed E-state index contributed by atoms with van der Waals surface area (Å²) in [4.78, 5) is 40.4. The maximum atomic E-state index is 11.9. The summed E-state index contributed by atoms with van der Waals surface area (Å²) in [5.41, 5.74) is -0.218. The molecule has 2 rings (SSSR count). The van der Waals surface area contributed by atoms with Crippen molar-refractivity contribution < 1.29 is 24.0 Å². The molecule has 0 atom stereocenters. The first-order chi connectivity index (χ1) is 12.5. The number of benzene rings is 1. The summed E-state index contributed by atoms with van der Waals surface area (Å²) >= 11 is 0. The van der Waals surface area contributed by atoms with E-state index in [1.165, 1.54) is 24.3 Å². The van der Waals surface area contributed by atoms with Crippen LogP contribution in [0.4, 0.5) is 17.3 Å². The maximum Gasteiger partial charge on any atom is 0.359 e. The van der Waals surface area contributed by atoms with Crippen LogP contribution in [0.3, 0.4) is 0 Å². The van der Waals surface area contributed by atoms with Crippen molar-refractivity contribution in [2.45, 2.75) is 13.8 Å². The van der Waals surface area contributed by atoms with Crippen LogP contribution in [0.15, 0.2) is 34.5 Å². The van der Waals surface area contributed by atoms with Gasteiger partial charge in [-0.05, 0) is 26.0 Å². The lowest BCUT2D eigenvalue weighted by atomic mass is 10.3. The number of rotatable bonds is 7. The van der Waals surface area contributed by atoms with Crippen molar-refractivity contribution in [1.82, 2.24) is 9.97 Å². The average molecular weight is 361 g/mol. The van der Waals surface area contributed by atoms with Gasteiger partial charge in [-0.3, -0.25) is 10.1 Å². The van der Waals surface area contributed by atoms with Gasteiger partial charge in [-0.15, -0.1) is 10.2 Å². The van der Waals surface area contributed by atoms with Gasteiger partial charge in [-0.2, -0.15) is 0 Å². The van der Waals surface area contributed by atoms with Crippen LogP contribution in [0.2, 0.25) is 0 Å². The van der Waals surface area contributed by atoms with Gasteiger partial charge in [-0.1, -0.05) is 0 Å². The van der Waals surface area contributed by atoms with Crippen LogP contribution in [0.25, 0.3) is 0 Å². The number of nitrogens with zero attached hydrogens (tertiary/aromatic N) is 4. The second-order valence-corrected chi connectivity index (χ2v) is 4.70. The molecule has 0 bridgehead atoms. The van der Waals surface area contributed by atoms with E-state index in [0.717, 1.165) is 0 Å². The summed E-state index contributed by atoms with van der Waals surface area (Å²) in [6.07, 6.45) is 0. The fourth-order valence-corrected chi connectivity index (χ4v) is 1.85. The number of hydrogen-bond donors (Lipinski definition) is 1. The minimum Gasteiger partial charge on any atom is -0.461 e. The van der Waals surface area contributed by atoms with E-state index in [0.29, 0.717) is 5.69 Å². The molecular formula is C15H15N5O6. The molecule has 1 N–H and O–H groups in total. The van der Waals surface area contributed by atoms with Crippen LogP contribution < -0.4 is 0 Å². The Morgan fingerprint density at radius 2 is 1.73 bits per heavy atom. The van der Waals surface area contributed by atoms with Gasteiger partial charge in [0.1, 0.15) is 0 Å². The Hall–Kier alpha value is -3.63. The molecule has 0 aliphatic carbocycles. The number of carbonyl (C=O) groups is 2. The predicted molar refractivity (Wildman–Crippen MR) is 87.8 cm³/mol. The van der Waals surface area contributed by atoms with Gasteiger partial charge >= 0.3 is 11.9 Å². The van der Waals surface area contributed by atoms with Crippen molar-refractivity contribution in [1.29, 1.82) is 0 Å². The number of esters is 2. The first-order valence-corrected chi connectivity index (χ1v) is 7.56. The number of hydrogen-bond acceptors (Lipinski definition) is 9. The minimum atomic E-state index is -0.802. The smallest absolute Gasteiger partial charge is 0.359 e. The Labute approximate surface area is 147 Å². The molecule has 2 aromatic rings. The SMILES string of the molecule is CCOC(=O)c1nc(N=Nc2ccc([N+](=O)[O-])cc2)[nH]c1C(=O)OCC. The standard InChI is InChI=1S/C15H15N5O6/c1-3-25-13(21)11-12(14(22)26-4-2)17-15(16-11)19-18-9-5-7-10(8-6-9)20(23)24/h5-8H,3-4H2,1-2H3,(H,16,17). The Balaban J connectivity index is 2.28. The van der Waals surface area contributed by atoms with Crippen molar-refractivity contribution in [2.24, 2.45) is 10.2 Å². The molecule has 26 heavy (non-hydrogen) atoms. The summed E-state index contributed by atoms with van der Waals surface area (Å²) in [7, 11) is 0. The van der Waals surface area contributed by atoms with E-state index in [4.69, 9.17) is 9.47 Å². The summed E-state index contributed by atoms with van der Waals surface area (Å²) < 4.78 is 9.70. The molecule has 136 valence electrons. The Bertz CT molecular complexity index is 807. The Kier molecular flexibility index (Phi) is 6.09. The number of nitro groups is 1. The zero-order valence-corrected chi connectivity index (χ0v) is 14.0. The summed E-state index contributed by atoms with van der Waals surface area (Å²) in [6, 6.07) is 5.32. The molecule has 0 saturated heterocycles. The third-order valence-corrected chi connectivity index (χ3v) is 2.96. The monoisotopic (exact) mass is 361 g/mol. The number of aromatic nitrogens is 2. The van der Waals surface area contributed by atoms with Crippen molar-refractivity contribution in [3.05, 3.63) is 45.8 Å². The average Bonchev–Trinajstić information content (AvgIpc) is 3.05. The van der Waals surface area contributed by atoms with Gasteiger partial charge in [0, 0.05) is 12.1 Å². The molecule has 11 nitrogen and oxygen atoms in total. The highest BCUT2D eigenvalue weighted by molar-refractivity contribution is 6.01. The number of imidazole rings is 1. The third-order valence-electron chi connectivity index (χ3n) is 2.96. The van der Waals surface area contributed by atoms with Crippen molar-refractivity contribution in [3.63, 3.8) is 0 Å². The first kappa shape index (κ1) is 18.7. The van der Waals surface area contributed by atoms with Gasteiger partial charge in [0.05, 0.1) is 23.8 Å². The molecule has 0 spiro atoms. The molecule has 11 heteroatoms. The lowest BCUT2D eigenvalue weighted by molar-refractivity contribution is -0.384. The molecule has 0 saturated carbocycles. The Morgan fingerprint density at radius 1 is 1.12 bits per heavy atom. The molecule has 0 unspecified atom stereocenters. The highest BCUT2D eigenvalue weighted by Gasteiger charge is 2.25. The van der Waals surface area contributed by atoms with E-state index in [-0.39, 0.29) is 36.2 Å². The molecule has 1 aromatic carbocycles. The lowest BCUT2D eigenvalue weighted by Gasteiger charge is -2.01. The number of non-ortho nitro benzene ring substituents is 1. The topological polar surface area (TPSA) is 149 Å². The van der Waals surface area contributed by atoms with E-state index in [9.17, 15) is 19.7 Å². The summed E-state index contributed by atoms with van der Waals surface area (Å²) in [5, 5.41) is 18.3. The number of aromatic amines is 1. The van der Waals surface area contributed by atoms with E-state index in [1.807, 2.05) is 0 Å². The van der Waals surface area contributed by atoms with Crippen LogP contribution in [0.5, 0.6) is 0 Å². The van der Waals surface area contributed by atoms with E-state index >= 15 is 0 Å². The number of carbonyl (C=O) groups excluding carboxylic acids is 2. The summed E-state index contributed by atoms with van der Waals surface area (Å²) in [5.74, 6) is -1.70. The number of azo groups is 1. The second kappa shape index (κ2) is 8.46. The highest BCUT2D eigenvalue weighted by atomic mass is 16.6. The molecule has 1 heterocycles. The predicted octanol–water partition coefficient (Wildman–Crippen LogP) is 3.09. The number of nitrogens with one attached hydrogen (secondary N) is 1. The van der Waals surface area contributed by atoms with Gasteiger partial charge < -0.3 is 14.5 Å². The molecule has 0 amide bonds. The van der Waals surface area contributed by atoms with E-state index in [1.54, 1.807) is 13.8 Å². The molecule has 0 radical (unpaired) electrons.